The lowest BCUT2D eigenvalue weighted by Crippen LogP contribution is -2.31. The van der Waals surface area contributed by atoms with Crippen LogP contribution in [0.25, 0.3) is 0 Å². The van der Waals surface area contributed by atoms with Crippen molar-refractivity contribution in [2.75, 3.05) is 10.2 Å². The smallest absolute Gasteiger partial charge is 0.294 e. The molecule has 4 rings (SSSR count). The maximum absolute atomic E-state index is 12.9. The molecule has 0 unspecified atom stereocenters. The number of benzene rings is 1. The van der Waals surface area contributed by atoms with Crippen LogP contribution in [0.2, 0.25) is 0 Å². The highest BCUT2D eigenvalue weighted by atomic mass is 16.6. The van der Waals surface area contributed by atoms with E-state index < -0.39 is 4.92 Å². The summed E-state index contributed by atoms with van der Waals surface area (Å²) in [7, 11) is 0. The van der Waals surface area contributed by atoms with Crippen molar-refractivity contribution >= 4 is 28.9 Å². The second-order valence-electron chi connectivity index (χ2n) is 8.58. The fourth-order valence-electron chi connectivity index (χ4n) is 5.04. The number of imide groups is 1. The molecule has 0 radical (unpaired) electrons. The minimum atomic E-state index is -0.436. The van der Waals surface area contributed by atoms with Crippen LogP contribution in [0.15, 0.2) is 18.2 Å². The van der Waals surface area contributed by atoms with Gasteiger partial charge < -0.3 is 5.32 Å². The molecule has 3 aliphatic rings. The Kier molecular flexibility index (Phi) is 5.08. The summed E-state index contributed by atoms with van der Waals surface area (Å²) in [5, 5.41) is 15.0. The van der Waals surface area contributed by atoms with Crippen LogP contribution in [-0.2, 0) is 9.59 Å². The van der Waals surface area contributed by atoms with Gasteiger partial charge in [0.15, 0.2) is 0 Å². The second-order valence-corrected chi connectivity index (χ2v) is 8.58. The van der Waals surface area contributed by atoms with E-state index in [0.29, 0.717) is 17.3 Å². The fraction of sp³-hybridized carbons (Fsp3) is 0.619. The van der Waals surface area contributed by atoms with E-state index in [1.54, 1.807) is 12.1 Å². The van der Waals surface area contributed by atoms with Crippen LogP contribution in [0.5, 0.6) is 0 Å². The van der Waals surface area contributed by atoms with E-state index in [-0.39, 0.29) is 35.4 Å². The number of hydrogen-bond donors (Lipinski definition) is 1. The van der Waals surface area contributed by atoms with Crippen molar-refractivity contribution in [3.05, 3.63) is 28.3 Å². The van der Waals surface area contributed by atoms with Gasteiger partial charge in [-0.1, -0.05) is 26.2 Å². The number of anilines is 2. The Bertz CT molecular complexity index is 803. The largest absolute Gasteiger partial charge is 0.377 e. The summed E-state index contributed by atoms with van der Waals surface area (Å²) < 4.78 is 0. The Morgan fingerprint density at radius 3 is 2.46 bits per heavy atom. The van der Waals surface area contributed by atoms with E-state index in [2.05, 4.69) is 12.2 Å². The molecule has 150 valence electrons. The molecule has 1 aliphatic heterocycles. The van der Waals surface area contributed by atoms with Crippen LogP contribution in [-0.4, -0.2) is 22.8 Å². The number of nitro benzene ring substituents is 1. The van der Waals surface area contributed by atoms with E-state index in [9.17, 15) is 19.7 Å². The quantitative estimate of drug-likeness (QED) is 0.475. The molecule has 1 N–H and O–H groups in total. The topological polar surface area (TPSA) is 92.6 Å². The molecule has 2 saturated carbocycles. The summed E-state index contributed by atoms with van der Waals surface area (Å²) >= 11 is 0. The minimum absolute atomic E-state index is 0.0769. The average molecular weight is 385 g/mol. The van der Waals surface area contributed by atoms with Gasteiger partial charge in [0.05, 0.1) is 22.4 Å². The van der Waals surface area contributed by atoms with E-state index in [4.69, 9.17) is 0 Å². The van der Waals surface area contributed by atoms with Crippen LogP contribution in [0, 0.1) is 27.9 Å². The molecule has 7 nitrogen and oxygen atoms in total. The van der Waals surface area contributed by atoms with Crippen LogP contribution in [0.3, 0.4) is 0 Å². The SMILES string of the molecule is C[C@@H]1CC[C@H]2C(=O)N(c3ccc(NC4CCCCC4)c([N+](=O)[O-])c3)C(=O)[C@@H]2C1. The molecular formula is C21H27N3O4. The number of hydrogen-bond acceptors (Lipinski definition) is 5. The molecular weight excluding hydrogens is 358 g/mol. The van der Waals surface area contributed by atoms with Gasteiger partial charge in [0, 0.05) is 12.1 Å². The molecule has 2 amide bonds. The van der Waals surface area contributed by atoms with Gasteiger partial charge in [-0.2, -0.15) is 0 Å². The van der Waals surface area contributed by atoms with Gasteiger partial charge in [-0.05, 0) is 50.2 Å². The van der Waals surface area contributed by atoms with Gasteiger partial charge in [-0.3, -0.25) is 19.7 Å². The highest BCUT2D eigenvalue weighted by Crippen LogP contribution is 2.43. The number of carbonyl (C=O) groups is 2. The minimum Gasteiger partial charge on any atom is -0.377 e. The van der Waals surface area contributed by atoms with Crippen molar-refractivity contribution in [1.82, 2.24) is 0 Å². The van der Waals surface area contributed by atoms with Crippen molar-refractivity contribution in [3.8, 4) is 0 Å². The van der Waals surface area contributed by atoms with Gasteiger partial charge in [0.25, 0.3) is 5.69 Å². The zero-order valence-corrected chi connectivity index (χ0v) is 16.2. The maximum Gasteiger partial charge on any atom is 0.294 e. The summed E-state index contributed by atoms with van der Waals surface area (Å²) in [6.07, 6.45) is 7.85. The van der Waals surface area contributed by atoms with Crippen molar-refractivity contribution in [1.29, 1.82) is 0 Å². The van der Waals surface area contributed by atoms with Gasteiger partial charge in [-0.15, -0.1) is 0 Å². The summed E-state index contributed by atoms with van der Waals surface area (Å²) in [4.78, 5) is 38.2. The van der Waals surface area contributed by atoms with E-state index in [1.807, 2.05) is 0 Å². The maximum atomic E-state index is 12.9. The zero-order chi connectivity index (χ0) is 19.8. The highest BCUT2D eigenvalue weighted by Gasteiger charge is 2.50. The third-order valence-electron chi connectivity index (χ3n) is 6.59. The van der Waals surface area contributed by atoms with Crippen LogP contribution < -0.4 is 10.2 Å². The molecule has 1 saturated heterocycles. The number of amides is 2. The Balaban J connectivity index is 1.61. The van der Waals surface area contributed by atoms with Crippen molar-refractivity contribution < 1.29 is 14.5 Å². The van der Waals surface area contributed by atoms with Crippen LogP contribution in [0.1, 0.15) is 58.3 Å². The molecule has 0 aromatic heterocycles. The lowest BCUT2D eigenvalue weighted by atomic mass is 9.76. The number of nitrogens with zero attached hydrogens (tertiary/aromatic N) is 2. The average Bonchev–Trinajstić information content (AvgIpc) is 2.93. The number of nitrogens with one attached hydrogen (secondary N) is 1. The van der Waals surface area contributed by atoms with Crippen molar-refractivity contribution in [3.63, 3.8) is 0 Å². The highest BCUT2D eigenvalue weighted by molar-refractivity contribution is 6.22. The summed E-state index contributed by atoms with van der Waals surface area (Å²) in [6, 6.07) is 4.92. The molecule has 3 atom stereocenters. The number of fused-ring (bicyclic) bond motifs is 1. The Morgan fingerprint density at radius 1 is 1.04 bits per heavy atom. The second kappa shape index (κ2) is 7.53. The molecule has 1 aromatic carbocycles. The molecule has 2 aliphatic carbocycles. The van der Waals surface area contributed by atoms with Gasteiger partial charge in [0.2, 0.25) is 11.8 Å². The van der Waals surface area contributed by atoms with Crippen molar-refractivity contribution in [2.24, 2.45) is 17.8 Å². The van der Waals surface area contributed by atoms with Gasteiger partial charge >= 0.3 is 0 Å². The molecule has 0 spiro atoms. The van der Waals surface area contributed by atoms with Crippen LogP contribution in [0.4, 0.5) is 17.1 Å². The van der Waals surface area contributed by atoms with Gasteiger partial charge in [-0.25, -0.2) is 4.90 Å². The summed E-state index contributed by atoms with van der Waals surface area (Å²) in [5.74, 6) is -0.541. The third kappa shape index (κ3) is 3.38. The standard InChI is InChI=1S/C21H27N3O4/c1-13-7-9-16-17(11-13)21(26)23(20(16)25)15-8-10-18(19(12-15)24(27)28)22-14-5-3-2-4-6-14/h8,10,12-14,16-17,22H,2-7,9,11H2,1H3/t13-,16-,17-/m1/s1. The number of rotatable bonds is 4. The van der Waals surface area contributed by atoms with Crippen molar-refractivity contribution in [2.45, 2.75) is 64.3 Å². The monoisotopic (exact) mass is 385 g/mol. The van der Waals surface area contributed by atoms with E-state index in [0.717, 1.165) is 44.9 Å². The molecule has 28 heavy (non-hydrogen) atoms. The normalized spacial score (nSPS) is 28.3. The van der Waals surface area contributed by atoms with E-state index >= 15 is 0 Å². The lowest BCUT2D eigenvalue weighted by Gasteiger charge is -2.25. The predicted octanol–water partition coefficient (Wildman–Crippen LogP) is 4.27. The number of carbonyl (C=O) groups excluding carboxylic acids is 2. The number of nitro groups is 1. The first-order valence-electron chi connectivity index (χ1n) is 10.4. The summed E-state index contributed by atoms with van der Waals surface area (Å²) in [6.45, 7) is 2.10. The molecule has 3 fully saturated rings. The predicted molar refractivity (Wildman–Crippen MR) is 106 cm³/mol. The summed E-state index contributed by atoms with van der Waals surface area (Å²) in [5.41, 5.74) is 0.704. The van der Waals surface area contributed by atoms with Crippen LogP contribution >= 0.6 is 0 Å². The first-order chi connectivity index (χ1) is 13.5. The first kappa shape index (κ1) is 18.9. The van der Waals surface area contributed by atoms with Gasteiger partial charge in [0.1, 0.15) is 5.69 Å². The molecule has 1 heterocycles. The Labute approximate surface area is 164 Å². The molecule has 0 bridgehead atoms. The lowest BCUT2D eigenvalue weighted by molar-refractivity contribution is -0.383. The molecule has 1 aromatic rings. The Hall–Kier alpha value is -2.44. The third-order valence-corrected chi connectivity index (χ3v) is 6.59. The molecule has 7 heteroatoms. The zero-order valence-electron chi connectivity index (χ0n) is 16.2. The first-order valence-corrected chi connectivity index (χ1v) is 10.4. The fourth-order valence-corrected chi connectivity index (χ4v) is 5.04. The van der Waals surface area contributed by atoms with E-state index in [1.165, 1.54) is 17.4 Å². The Morgan fingerprint density at radius 2 is 1.75 bits per heavy atom.